The van der Waals surface area contributed by atoms with E-state index in [1.165, 1.54) is 0 Å². The fraction of sp³-hybridized carbons (Fsp3) is 0.357. The molecule has 0 aliphatic carbocycles. The summed E-state index contributed by atoms with van der Waals surface area (Å²) in [7, 11) is 3.27. The summed E-state index contributed by atoms with van der Waals surface area (Å²) in [6, 6.07) is 2.03. The number of nitrogen functional groups attached to an aromatic ring is 1. The molecular weight excluding hydrogens is 244 g/mol. The van der Waals surface area contributed by atoms with Gasteiger partial charge in [0.05, 0.1) is 25.5 Å². The van der Waals surface area contributed by atoms with Crippen LogP contribution in [0.3, 0.4) is 0 Å². The van der Waals surface area contributed by atoms with Crippen LogP contribution in [0.15, 0.2) is 10.5 Å². The summed E-state index contributed by atoms with van der Waals surface area (Å²) in [5.41, 5.74) is 9.16. The van der Waals surface area contributed by atoms with E-state index < -0.39 is 0 Å². The van der Waals surface area contributed by atoms with Crippen molar-refractivity contribution in [2.45, 2.75) is 20.8 Å². The third kappa shape index (κ3) is 2.12. The number of hydrogen-bond donors (Lipinski definition) is 1. The monoisotopic (exact) mass is 262 g/mol. The topological polar surface area (TPSA) is 70.5 Å². The van der Waals surface area contributed by atoms with E-state index in [1.54, 1.807) is 14.2 Å². The lowest BCUT2D eigenvalue weighted by Gasteiger charge is -2.15. The van der Waals surface area contributed by atoms with Crippen molar-refractivity contribution in [3.8, 4) is 22.8 Å². The van der Waals surface area contributed by atoms with E-state index in [0.717, 1.165) is 33.9 Å². The Morgan fingerprint density at radius 1 is 1.11 bits per heavy atom. The highest BCUT2D eigenvalue weighted by Gasteiger charge is 2.20. The minimum Gasteiger partial charge on any atom is -0.496 e. The molecule has 1 aromatic carbocycles. The standard InChI is InChI=1S/C14H18N2O3/c1-7-8(2)12(18-5)10(6-11(7)17-4)13-9(3)16-14(15)19-13/h6H,1-5H3,(H2,15,16). The van der Waals surface area contributed by atoms with Crippen molar-refractivity contribution >= 4 is 6.01 Å². The number of hydrogen-bond acceptors (Lipinski definition) is 5. The molecule has 0 aliphatic rings. The van der Waals surface area contributed by atoms with Crippen molar-refractivity contribution in [2.75, 3.05) is 20.0 Å². The molecule has 0 aliphatic heterocycles. The largest absolute Gasteiger partial charge is 0.496 e. The molecule has 0 bridgehead atoms. The Kier molecular flexibility index (Phi) is 3.38. The van der Waals surface area contributed by atoms with Gasteiger partial charge in [0.1, 0.15) is 11.5 Å². The molecule has 0 saturated heterocycles. The van der Waals surface area contributed by atoms with Gasteiger partial charge in [-0.05, 0) is 38.0 Å². The minimum atomic E-state index is 0.145. The number of oxazole rings is 1. The first-order valence-corrected chi connectivity index (χ1v) is 5.95. The van der Waals surface area contributed by atoms with Crippen LogP contribution >= 0.6 is 0 Å². The molecule has 0 amide bonds. The Hall–Kier alpha value is -2.17. The number of nitrogens with zero attached hydrogens (tertiary/aromatic N) is 1. The number of anilines is 1. The molecule has 102 valence electrons. The fourth-order valence-electron chi connectivity index (χ4n) is 2.17. The van der Waals surface area contributed by atoms with Crippen molar-refractivity contribution in [2.24, 2.45) is 0 Å². The summed E-state index contributed by atoms with van der Waals surface area (Å²) in [5.74, 6) is 2.14. The van der Waals surface area contributed by atoms with Crippen molar-refractivity contribution in [1.29, 1.82) is 0 Å². The number of aromatic nitrogens is 1. The highest BCUT2D eigenvalue weighted by Crippen LogP contribution is 2.41. The molecule has 5 nitrogen and oxygen atoms in total. The average molecular weight is 262 g/mol. The van der Waals surface area contributed by atoms with Gasteiger partial charge in [-0.1, -0.05) is 0 Å². The molecule has 0 unspecified atom stereocenters. The maximum Gasteiger partial charge on any atom is 0.292 e. The van der Waals surface area contributed by atoms with E-state index in [9.17, 15) is 0 Å². The zero-order valence-electron chi connectivity index (χ0n) is 11.8. The summed E-state index contributed by atoms with van der Waals surface area (Å²) >= 11 is 0. The summed E-state index contributed by atoms with van der Waals surface area (Å²) in [6.45, 7) is 5.81. The van der Waals surface area contributed by atoms with Crippen LogP contribution in [0.2, 0.25) is 0 Å². The smallest absolute Gasteiger partial charge is 0.292 e. The Balaban J connectivity index is 2.75. The van der Waals surface area contributed by atoms with E-state index in [1.807, 2.05) is 26.8 Å². The minimum absolute atomic E-state index is 0.145. The molecule has 5 heteroatoms. The summed E-state index contributed by atoms with van der Waals surface area (Å²) in [6.07, 6.45) is 0. The van der Waals surface area contributed by atoms with Gasteiger partial charge < -0.3 is 19.6 Å². The van der Waals surface area contributed by atoms with Crippen LogP contribution in [0.4, 0.5) is 6.01 Å². The van der Waals surface area contributed by atoms with Crippen molar-refractivity contribution in [3.05, 3.63) is 22.9 Å². The molecule has 0 radical (unpaired) electrons. The number of benzene rings is 1. The Bertz CT molecular complexity index is 618. The molecule has 2 N–H and O–H groups in total. The predicted octanol–water partition coefficient (Wildman–Crippen LogP) is 2.87. The molecule has 19 heavy (non-hydrogen) atoms. The number of methoxy groups -OCH3 is 2. The van der Waals surface area contributed by atoms with Crippen molar-refractivity contribution in [3.63, 3.8) is 0 Å². The van der Waals surface area contributed by atoms with Crippen LogP contribution in [0, 0.1) is 20.8 Å². The lowest BCUT2D eigenvalue weighted by Crippen LogP contribution is -1.97. The second-order valence-electron chi connectivity index (χ2n) is 4.38. The van der Waals surface area contributed by atoms with Crippen LogP contribution < -0.4 is 15.2 Å². The van der Waals surface area contributed by atoms with Crippen LogP contribution in [0.5, 0.6) is 11.5 Å². The van der Waals surface area contributed by atoms with Crippen LogP contribution in [-0.2, 0) is 0 Å². The Morgan fingerprint density at radius 2 is 1.79 bits per heavy atom. The number of nitrogens with two attached hydrogens (primary N) is 1. The number of aryl methyl sites for hydroxylation is 1. The SMILES string of the molecule is COc1cc(-c2oc(N)nc2C)c(OC)c(C)c1C. The summed E-state index contributed by atoms with van der Waals surface area (Å²) < 4.78 is 16.3. The third-order valence-electron chi connectivity index (χ3n) is 3.27. The average Bonchev–Trinajstić information content (AvgIpc) is 2.71. The maximum atomic E-state index is 5.60. The molecule has 2 rings (SSSR count). The predicted molar refractivity (Wildman–Crippen MR) is 73.7 cm³/mol. The lowest BCUT2D eigenvalue weighted by molar-refractivity contribution is 0.398. The maximum absolute atomic E-state index is 5.60. The highest BCUT2D eigenvalue weighted by molar-refractivity contribution is 5.73. The molecule has 0 atom stereocenters. The zero-order chi connectivity index (χ0) is 14.2. The molecule has 0 spiro atoms. The van der Waals surface area contributed by atoms with Gasteiger partial charge in [0.25, 0.3) is 6.01 Å². The van der Waals surface area contributed by atoms with Gasteiger partial charge in [-0.3, -0.25) is 0 Å². The molecule has 1 aromatic heterocycles. The Morgan fingerprint density at radius 3 is 2.26 bits per heavy atom. The van der Waals surface area contributed by atoms with Crippen LogP contribution in [0.25, 0.3) is 11.3 Å². The van der Waals surface area contributed by atoms with Crippen molar-refractivity contribution in [1.82, 2.24) is 4.98 Å². The lowest BCUT2D eigenvalue weighted by atomic mass is 10.0. The first-order valence-electron chi connectivity index (χ1n) is 5.95. The quantitative estimate of drug-likeness (QED) is 0.921. The third-order valence-corrected chi connectivity index (χ3v) is 3.27. The molecule has 0 saturated carbocycles. The van der Waals surface area contributed by atoms with E-state index >= 15 is 0 Å². The summed E-state index contributed by atoms with van der Waals surface area (Å²) in [4.78, 5) is 4.09. The molecule has 0 fully saturated rings. The fourth-order valence-corrected chi connectivity index (χ4v) is 2.17. The van der Waals surface area contributed by atoms with Gasteiger partial charge >= 0.3 is 0 Å². The van der Waals surface area contributed by atoms with Crippen LogP contribution in [0.1, 0.15) is 16.8 Å². The molecular formula is C14H18N2O3. The number of rotatable bonds is 3. The highest BCUT2D eigenvalue weighted by atomic mass is 16.5. The second kappa shape index (κ2) is 4.84. The Labute approximate surface area is 112 Å². The van der Waals surface area contributed by atoms with Gasteiger partial charge in [0.2, 0.25) is 0 Å². The van der Waals surface area contributed by atoms with Gasteiger partial charge in [0, 0.05) is 0 Å². The first-order chi connectivity index (χ1) is 8.99. The van der Waals surface area contributed by atoms with Gasteiger partial charge in [-0.2, -0.15) is 4.98 Å². The normalized spacial score (nSPS) is 10.6. The summed E-state index contributed by atoms with van der Waals surface area (Å²) in [5, 5.41) is 0. The molecule has 1 heterocycles. The van der Waals surface area contributed by atoms with Gasteiger partial charge in [-0.15, -0.1) is 0 Å². The molecule has 2 aromatic rings. The zero-order valence-corrected chi connectivity index (χ0v) is 11.8. The second-order valence-corrected chi connectivity index (χ2v) is 4.38. The van der Waals surface area contributed by atoms with Gasteiger partial charge in [0.15, 0.2) is 5.76 Å². The number of ether oxygens (including phenoxy) is 2. The van der Waals surface area contributed by atoms with E-state index in [4.69, 9.17) is 19.6 Å². The van der Waals surface area contributed by atoms with E-state index in [0.29, 0.717) is 5.76 Å². The van der Waals surface area contributed by atoms with E-state index in [2.05, 4.69) is 4.98 Å². The van der Waals surface area contributed by atoms with Crippen LogP contribution in [-0.4, -0.2) is 19.2 Å². The van der Waals surface area contributed by atoms with Gasteiger partial charge in [-0.25, -0.2) is 0 Å². The first kappa shape index (κ1) is 13.3. The van der Waals surface area contributed by atoms with E-state index in [-0.39, 0.29) is 6.01 Å². The van der Waals surface area contributed by atoms with Crippen molar-refractivity contribution < 1.29 is 13.9 Å².